The minimum atomic E-state index is -4.59. The lowest BCUT2D eigenvalue weighted by Crippen LogP contribution is -2.53. The van der Waals surface area contributed by atoms with Gasteiger partial charge in [-0.15, -0.1) is 0 Å². The Labute approximate surface area is 196 Å². The summed E-state index contributed by atoms with van der Waals surface area (Å²) in [6.45, 7) is 2.18. The number of halogens is 5. The molecule has 1 aromatic carbocycles. The van der Waals surface area contributed by atoms with Crippen molar-refractivity contribution in [2.24, 2.45) is 5.92 Å². The van der Waals surface area contributed by atoms with Crippen LogP contribution in [0.2, 0.25) is 10.0 Å². The van der Waals surface area contributed by atoms with Crippen molar-refractivity contribution in [3.63, 3.8) is 0 Å². The Morgan fingerprint density at radius 3 is 2.52 bits per heavy atom. The largest absolute Gasteiger partial charge is 0.416 e. The molecule has 3 aliphatic heterocycles. The van der Waals surface area contributed by atoms with Crippen LogP contribution < -0.4 is 16.1 Å². The lowest BCUT2D eigenvalue weighted by molar-refractivity contribution is -0.137. The molecule has 3 aliphatic rings. The predicted molar refractivity (Wildman–Crippen MR) is 113 cm³/mol. The summed E-state index contributed by atoms with van der Waals surface area (Å²) >= 11 is 12.2. The smallest absolute Gasteiger partial charge is 0.338 e. The van der Waals surface area contributed by atoms with E-state index in [9.17, 15) is 18.0 Å². The first-order valence-corrected chi connectivity index (χ1v) is 11.1. The van der Waals surface area contributed by atoms with Gasteiger partial charge in [-0.1, -0.05) is 28.4 Å². The molecule has 2 atom stereocenters. The van der Waals surface area contributed by atoms with Gasteiger partial charge in [-0.3, -0.25) is 9.80 Å². The van der Waals surface area contributed by atoms with E-state index in [2.05, 4.69) is 26.2 Å². The Balaban J connectivity index is 1.41. The van der Waals surface area contributed by atoms with Gasteiger partial charge in [0, 0.05) is 24.2 Å². The van der Waals surface area contributed by atoms with Crippen molar-refractivity contribution in [2.75, 3.05) is 19.6 Å². The number of nitrogens with one attached hydrogen (secondary N) is 3. The van der Waals surface area contributed by atoms with Crippen molar-refractivity contribution in [3.05, 3.63) is 45.4 Å². The highest BCUT2D eigenvalue weighted by molar-refractivity contribution is 6.39. The van der Waals surface area contributed by atoms with E-state index >= 15 is 0 Å². The maximum atomic E-state index is 13.0. The predicted octanol–water partition coefficient (Wildman–Crippen LogP) is 3.31. The number of alkyl halides is 3. The molecule has 176 valence electrons. The molecule has 13 heteroatoms. The minimum Gasteiger partial charge on any atom is -0.338 e. The van der Waals surface area contributed by atoms with E-state index in [0.29, 0.717) is 6.54 Å². The van der Waals surface area contributed by atoms with Gasteiger partial charge >= 0.3 is 6.18 Å². The molecule has 0 radical (unpaired) electrons. The highest BCUT2D eigenvalue weighted by Gasteiger charge is 2.44. The van der Waals surface area contributed by atoms with Crippen molar-refractivity contribution in [1.82, 2.24) is 31.2 Å². The molecule has 33 heavy (non-hydrogen) atoms. The second-order valence-electron chi connectivity index (χ2n) is 8.15. The number of amides is 1. The van der Waals surface area contributed by atoms with Crippen LogP contribution in [0.5, 0.6) is 0 Å². The van der Waals surface area contributed by atoms with E-state index < -0.39 is 17.9 Å². The minimum absolute atomic E-state index is 0.0246. The number of hydrogen-bond acceptors (Lipinski definition) is 7. The quantitative estimate of drug-likeness (QED) is 0.592. The lowest BCUT2D eigenvalue weighted by Gasteiger charge is -2.38. The van der Waals surface area contributed by atoms with Gasteiger partial charge < -0.3 is 15.2 Å². The average molecular weight is 503 g/mol. The third kappa shape index (κ3) is 4.18. The summed E-state index contributed by atoms with van der Waals surface area (Å²) in [5, 5.41) is 11.6. The van der Waals surface area contributed by atoms with Gasteiger partial charge in [0.1, 0.15) is 6.17 Å². The molecule has 1 aromatic heterocycles. The number of nitrogens with zero attached hydrogens (tertiary/aromatic N) is 3. The van der Waals surface area contributed by atoms with Crippen LogP contribution in [-0.2, 0) is 11.0 Å². The number of benzene rings is 1. The molecule has 2 unspecified atom stereocenters. The van der Waals surface area contributed by atoms with Crippen molar-refractivity contribution >= 4 is 29.1 Å². The first-order valence-electron chi connectivity index (χ1n) is 10.4. The third-order valence-corrected chi connectivity index (χ3v) is 6.69. The Morgan fingerprint density at radius 2 is 1.85 bits per heavy atom. The number of carbonyl (C=O) groups is 1. The Kier molecular flexibility index (Phi) is 5.76. The normalized spacial score (nSPS) is 24.0. The topological polar surface area (TPSA) is 95.3 Å². The van der Waals surface area contributed by atoms with E-state index in [1.807, 2.05) is 5.01 Å². The van der Waals surface area contributed by atoms with Crippen LogP contribution in [0.1, 0.15) is 30.2 Å². The fourth-order valence-electron chi connectivity index (χ4n) is 4.49. The summed E-state index contributed by atoms with van der Waals surface area (Å²) in [6, 6.07) is 1.55. The fourth-order valence-corrected chi connectivity index (χ4v) is 5.14. The molecule has 0 bridgehead atoms. The second-order valence-corrected chi connectivity index (χ2v) is 8.97. The SMILES string of the molecule is O=C1C=C(C2CCNCC2)N2NCC(c3nc(-c4c(Cl)cc(C(F)(F)F)cc4Cl)no3)C2N1. The first-order chi connectivity index (χ1) is 15.7. The Hall–Kier alpha value is -2.34. The zero-order valence-corrected chi connectivity index (χ0v) is 18.6. The molecule has 2 fully saturated rings. The summed E-state index contributed by atoms with van der Waals surface area (Å²) in [6.07, 6.45) is -1.58. The molecule has 3 N–H and O–H groups in total. The summed E-state index contributed by atoms with van der Waals surface area (Å²) in [5.41, 5.74) is 3.29. The summed E-state index contributed by atoms with van der Waals surface area (Å²) in [7, 11) is 0. The van der Waals surface area contributed by atoms with Gasteiger partial charge in [-0.25, -0.2) is 5.43 Å². The van der Waals surface area contributed by atoms with E-state index in [0.717, 1.165) is 43.8 Å². The summed E-state index contributed by atoms with van der Waals surface area (Å²) in [4.78, 5) is 16.8. The maximum Gasteiger partial charge on any atom is 0.416 e. The number of carbonyl (C=O) groups excluding carboxylic acids is 1. The van der Waals surface area contributed by atoms with Crippen LogP contribution in [0, 0.1) is 5.92 Å². The van der Waals surface area contributed by atoms with Crippen molar-refractivity contribution in [3.8, 4) is 11.4 Å². The van der Waals surface area contributed by atoms with Crippen molar-refractivity contribution < 1.29 is 22.5 Å². The van der Waals surface area contributed by atoms with Crippen LogP contribution in [0.15, 0.2) is 28.4 Å². The van der Waals surface area contributed by atoms with Gasteiger partial charge in [0.25, 0.3) is 0 Å². The molecule has 0 spiro atoms. The molecular weight excluding hydrogens is 484 g/mol. The van der Waals surface area contributed by atoms with E-state index in [1.54, 1.807) is 6.08 Å². The monoisotopic (exact) mass is 502 g/mol. The number of fused-ring (bicyclic) bond motifs is 1. The molecule has 8 nitrogen and oxygen atoms in total. The lowest BCUT2D eigenvalue weighted by atomic mass is 9.92. The summed E-state index contributed by atoms with van der Waals surface area (Å²) in [5.74, 6) is -0.152. The van der Waals surface area contributed by atoms with Crippen molar-refractivity contribution in [2.45, 2.75) is 31.1 Å². The van der Waals surface area contributed by atoms with Gasteiger partial charge in [0.05, 0.1) is 27.1 Å². The molecule has 0 aliphatic carbocycles. The number of allylic oxidation sites excluding steroid dienone is 1. The van der Waals surface area contributed by atoms with Crippen LogP contribution in [0.3, 0.4) is 0 Å². The van der Waals surface area contributed by atoms with Crippen LogP contribution >= 0.6 is 23.2 Å². The standard InChI is InChI=1S/C20H19Cl2F3N6O2/c21-12-5-10(20(23,24)25)6-13(22)16(12)17-29-19(33-30-17)11-8-27-31-14(7-15(32)28-18(11)31)9-1-3-26-4-2-9/h5-7,9,11,18,26-27H,1-4,8H2,(H,28,32). The Morgan fingerprint density at radius 1 is 1.15 bits per heavy atom. The van der Waals surface area contributed by atoms with Gasteiger partial charge in [-0.05, 0) is 38.1 Å². The summed E-state index contributed by atoms with van der Waals surface area (Å²) < 4.78 is 44.5. The van der Waals surface area contributed by atoms with Crippen molar-refractivity contribution in [1.29, 1.82) is 0 Å². The number of hydrogen-bond donors (Lipinski definition) is 3. The van der Waals surface area contributed by atoms with Crippen LogP contribution in [0.25, 0.3) is 11.4 Å². The molecule has 4 heterocycles. The third-order valence-electron chi connectivity index (χ3n) is 6.10. The molecule has 0 saturated carbocycles. The second kappa shape index (κ2) is 8.46. The number of hydrazine groups is 1. The fraction of sp³-hybridized carbons (Fsp3) is 0.450. The first kappa shape index (κ1) is 22.5. The molecular formula is C20H19Cl2F3N6O2. The average Bonchev–Trinajstić information content (AvgIpc) is 3.40. The highest BCUT2D eigenvalue weighted by atomic mass is 35.5. The molecule has 1 amide bonds. The van der Waals surface area contributed by atoms with E-state index in [-0.39, 0.29) is 45.1 Å². The highest BCUT2D eigenvalue weighted by Crippen LogP contribution is 2.40. The van der Waals surface area contributed by atoms with Crippen LogP contribution in [-0.4, -0.2) is 46.9 Å². The Bertz CT molecular complexity index is 1090. The number of rotatable bonds is 3. The number of aromatic nitrogens is 2. The maximum absolute atomic E-state index is 13.0. The zero-order chi connectivity index (χ0) is 23.3. The van der Waals surface area contributed by atoms with Gasteiger partial charge in [0.15, 0.2) is 0 Å². The van der Waals surface area contributed by atoms with E-state index in [1.165, 1.54) is 0 Å². The van der Waals surface area contributed by atoms with Gasteiger partial charge in [0.2, 0.25) is 17.6 Å². The molecule has 5 rings (SSSR count). The zero-order valence-electron chi connectivity index (χ0n) is 17.0. The molecule has 2 aromatic rings. The van der Waals surface area contributed by atoms with E-state index in [4.69, 9.17) is 27.7 Å². The number of piperidine rings is 1. The molecule has 2 saturated heterocycles. The van der Waals surface area contributed by atoms with Gasteiger partial charge in [-0.2, -0.15) is 18.2 Å². The van der Waals surface area contributed by atoms with Crippen LogP contribution in [0.4, 0.5) is 13.2 Å².